The molecule has 2 aromatic rings. The molecule has 3 aliphatic rings. The van der Waals surface area contributed by atoms with Crippen molar-refractivity contribution in [2.24, 2.45) is 5.73 Å². The molecule has 0 aromatic heterocycles. The highest BCUT2D eigenvalue weighted by molar-refractivity contribution is 5.92. The fourth-order valence-electron chi connectivity index (χ4n) is 6.32. The third-order valence-corrected chi connectivity index (χ3v) is 7.97. The zero-order valence-electron chi connectivity index (χ0n) is 17.6. The van der Waals surface area contributed by atoms with E-state index < -0.39 is 5.60 Å². The Bertz CT molecular complexity index is 958. The number of fused-ring (bicyclic) bond motifs is 3. The SMILES string of the molecule is NC(=O)c1cccc(C23CCCC(C2)N(CC2(O)CCc4ccccc4C2)CC3)c1. The van der Waals surface area contributed by atoms with E-state index in [1.54, 1.807) is 0 Å². The van der Waals surface area contributed by atoms with Gasteiger partial charge >= 0.3 is 0 Å². The third kappa shape index (κ3) is 3.57. The third-order valence-electron chi connectivity index (χ3n) is 7.97. The molecule has 30 heavy (non-hydrogen) atoms. The van der Waals surface area contributed by atoms with Gasteiger partial charge in [0.2, 0.25) is 5.91 Å². The zero-order valence-corrected chi connectivity index (χ0v) is 17.6. The van der Waals surface area contributed by atoms with E-state index in [0.29, 0.717) is 11.6 Å². The predicted octanol–water partition coefficient (Wildman–Crippen LogP) is 3.59. The number of hydrogen-bond donors (Lipinski definition) is 2. The van der Waals surface area contributed by atoms with Gasteiger partial charge in [-0.25, -0.2) is 0 Å². The Morgan fingerprint density at radius 1 is 1.10 bits per heavy atom. The summed E-state index contributed by atoms with van der Waals surface area (Å²) in [4.78, 5) is 14.2. The van der Waals surface area contributed by atoms with Gasteiger partial charge < -0.3 is 10.8 Å². The molecule has 2 aromatic carbocycles. The maximum absolute atomic E-state index is 11.7. The molecule has 0 radical (unpaired) electrons. The molecule has 1 amide bonds. The number of amides is 1. The quantitative estimate of drug-likeness (QED) is 0.818. The number of rotatable bonds is 4. The molecule has 1 aliphatic heterocycles. The van der Waals surface area contributed by atoms with Crippen LogP contribution < -0.4 is 5.73 Å². The molecule has 158 valence electrons. The second-order valence-electron chi connectivity index (χ2n) is 9.87. The highest BCUT2D eigenvalue weighted by Gasteiger charge is 2.46. The maximum Gasteiger partial charge on any atom is 0.248 e. The largest absolute Gasteiger partial charge is 0.388 e. The summed E-state index contributed by atoms with van der Waals surface area (Å²) in [6, 6.07) is 17.0. The number of likely N-dealkylation sites (tertiary alicyclic amines) is 1. The molecule has 2 fully saturated rings. The van der Waals surface area contributed by atoms with E-state index in [9.17, 15) is 9.90 Å². The van der Waals surface area contributed by atoms with Crippen molar-refractivity contribution in [1.82, 2.24) is 4.90 Å². The molecule has 3 atom stereocenters. The van der Waals surface area contributed by atoms with E-state index in [-0.39, 0.29) is 11.3 Å². The molecular weight excluding hydrogens is 372 g/mol. The first-order chi connectivity index (χ1) is 14.5. The molecule has 2 aliphatic carbocycles. The van der Waals surface area contributed by atoms with Crippen LogP contribution in [-0.4, -0.2) is 40.6 Å². The van der Waals surface area contributed by atoms with Gasteiger partial charge in [-0.15, -0.1) is 0 Å². The van der Waals surface area contributed by atoms with Gasteiger partial charge in [-0.1, -0.05) is 42.8 Å². The molecule has 5 rings (SSSR count). The summed E-state index contributed by atoms with van der Waals surface area (Å²) in [6.45, 7) is 1.78. The van der Waals surface area contributed by atoms with E-state index >= 15 is 0 Å². The summed E-state index contributed by atoms with van der Waals surface area (Å²) in [5.74, 6) is -0.349. The first-order valence-corrected chi connectivity index (χ1v) is 11.4. The summed E-state index contributed by atoms with van der Waals surface area (Å²) in [5, 5.41) is 11.5. The Morgan fingerprint density at radius 2 is 1.93 bits per heavy atom. The van der Waals surface area contributed by atoms with Gasteiger partial charge in [0.1, 0.15) is 0 Å². The minimum Gasteiger partial charge on any atom is -0.388 e. The fourth-order valence-corrected chi connectivity index (χ4v) is 6.32. The van der Waals surface area contributed by atoms with Crippen LogP contribution in [0.4, 0.5) is 0 Å². The summed E-state index contributed by atoms with van der Waals surface area (Å²) >= 11 is 0. The number of aliphatic hydroxyl groups is 1. The first kappa shape index (κ1) is 19.8. The highest BCUT2D eigenvalue weighted by atomic mass is 16.3. The number of carbonyl (C=O) groups excluding carboxylic acids is 1. The van der Waals surface area contributed by atoms with Crippen molar-refractivity contribution in [3.8, 4) is 0 Å². The molecule has 0 spiro atoms. The second kappa shape index (κ2) is 7.51. The molecule has 2 bridgehead atoms. The van der Waals surface area contributed by atoms with Crippen LogP contribution in [0, 0.1) is 0 Å². The van der Waals surface area contributed by atoms with Gasteiger partial charge in [-0.2, -0.15) is 0 Å². The maximum atomic E-state index is 11.7. The number of β-amino-alcohol motifs (C(OH)–C–C–N with tert-alkyl or cyclic N) is 1. The smallest absolute Gasteiger partial charge is 0.248 e. The second-order valence-corrected chi connectivity index (χ2v) is 9.87. The number of benzene rings is 2. The molecule has 3 unspecified atom stereocenters. The van der Waals surface area contributed by atoms with E-state index in [1.165, 1.54) is 36.0 Å². The molecule has 1 heterocycles. The number of piperidine rings is 1. The van der Waals surface area contributed by atoms with Gasteiger partial charge in [0.15, 0.2) is 0 Å². The lowest BCUT2D eigenvalue weighted by Gasteiger charge is -2.52. The summed E-state index contributed by atoms with van der Waals surface area (Å²) in [5.41, 5.74) is 9.65. The lowest BCUT2D eigenvalue weighted by molar-refractivity contribution is -0.0456. The number of carbonyl (C=O) groups is 1. The van der Waals surface area contributed by atoms with Crippen LogP contribution in [0.1, 0.15) is 65.6 Å². The van der Waals surface area contributed by atoms with Crippen molar-refractivity contribution >= 4 is 5.91 Å². The number of nitrogens with zero attached hydrogens (tertiary/aromatic N) is 1. The van der Waals surface area contributed by atoms with E-state index in [0.717, 1.165) is 45.2 Å². The first-order valence-electron chi connectivity index (χ1n) is 11.4. The van der Waals surface area contributed by atoms with Gasteiger partial charge in [0.05, 0.1) is 5.60 Å². The van der Waals surface area contributed by atoms with Crippen molar-refractivity contribution in [3.63, 3.8) is 0 Å². The Morgan fingerprint density at radius 3 is 2.77 bits per heavy atom. The van der Waals surface area contributed by atoms with Gasteiger partial charge in [0, 0.05) is 24.6 Å². The Kier molecular flexibility index (Phi) is 4.95. The molecular formula is C26H32N2O2. The topological polar surface area (TPSA) is 66.6 Å². The number of aryl methyl sites for hydroxylation is 1. The van der Waals surface area contributed by atoms with Crippen molar-refractivity contribution in [1.29, 1.82) is 0 Å². The highest BCUT2D eigenvalue weighted by Crippen LogP contribution is 2.47. The molecule has 1 saturated heterocycles. The van der Waals surface area contributed by atoms with Crippen LogP contribution in [0.3, 0.4) is 0 Å². The van der Waals surface area contributed by atoms with Crippen molar-refractivity contribution in [2.45, 2.75) is 68.4 Å². The van der Waals surface area contributed by atoms with Crippen molar-refractivity contribution in [3.05, 3.63) is 70.8 Å². The monoisotopic (exact) mass is 404 g/mol. The number of primary amides is 1. The van der Waals surface area contributed by atoms with Crippen LogP contribution in [0.25, 0.3) is 0 Å². The number of nitrogens with two attached hydrogens (primary N) is 1. The molecule has 3 N–H and O–H groups in total. The predicted molar refractivity (Wildman–Crippen MR) is 119 cm³/mol. The van der Waals surface area contributed by atoms with E-state index in [4.69, 9.17) is 5.73 Å². The Hall–Kier alpha value is -2.17. The summed E-state index contributed by atoms with van der Waals surface area (Å²) in [7, 11) is 0. The molecule has 4 nitrogen and oxygen atoms in total. The Balaban J connectivity index is 1.33. The molecule has 1 saturated carbocycles. The Labute approximate surface area is 179 Å². The van der Waals surface area contributed by atoms with Crippen LogP contribution in [0.2, 0.25) is 0 Å². The lowest BCUT2D eigenvalue weighted by Crippen LogP contribution is -2.57. The summed E-state index contributed by atoms with van der Waals surface area (Å²) in [6.07, 6.45) is 8.34. The zero-order chi connectivity index (χ0) is 20.8. The van der Waals surface area contributed by atoms with Crippen LogP contribution in [-0.2, 0) is 18.3 Å². The number of hydrogen-bond acceptors (Lipinski definition) is 3. The average Bonchev–Trinajstić information content (AvgIpc) is 2.76. The normalized spacial score (nSPS) is 31.2. The lowest BCUT2D eigenvalue weighted by atomic mass is 9.63. The minimum absolute atomic E-state index is 0.145. The van der Waals surface area contributed by atoms with Gasteiger partial charge in [0.25, 0.3) is 0 Å². The summed E-state index contributed by atoms with van der Waals surface area (Å²) < 4.78 is 0. The fraction of sp³-hybridized carbons (Fsp3) is 0.500. The minimum atomic E-state index is -0.627. The van der Waals surface area contributed by atoms with E-state index in [2.05, 4.69) is 35.2 Å². The van der Waals surface area contributed by atoms with Crippen LogP contribution in [0.15, 0.2) is 48.5 Å². The van der Waals surface area contributed by atoms with Gasteiger partial charge in [-0.3, -0.25) is 9.69 Å². The standard InChI is InChI=1S/C26H32N2O2/c27-24(29)20-7-3-8-22(15-20)25-11-4-9-23(17-25)28(14-13-25)18-26(30)12-10-19-5-1-2-6-21(19)16-26/h1-3,5-8,15,23,30H,4,9-14,16-18H2,(H2,27,29). The van der Waals surface area contributed by atoms with Crippen LogP contribution >= 0.6 is 0 Å². The molecule has 4 heteroatoms. The average molecular weight is 405 g/mol. The van der Waals surface area contributed by atoms with Gasteiger partial charge in [-0.05, 0) is 79.3 Å². The van der Waals surface area contributed by atoms with Crippen molar-refractivity contribution in [2.75, 3.05) is 13.1 Å². The van der Waals surface area contributed by atoms with E-state index in [1.807, 2.05) is 18.2 Å². The van der Waals surface area contributed by atoms with Crippen molar-refractivity contribution < 1.29 is 9.90 Å². The van der Waals surface area contributed by atoms with Crippen LogP contribution in [0.5, 0.6) is 0 Å².